The van der Waals surface area contributed by atoms with Crippen molar-refractivity contribution in [3.8, 4) is 0 Å². The van der Waals surface area contributed by atoms with Gasteiger partial charge in [-0.1, -0.05) is 6.07 Å². The molecule has 108 valence electrons. The SMILES string of the molecule is CNC(C)Cc1[nH]c(=O)nc2cc(C(F)(F)F)ccc12. The third-order valence-electron chi connectivity index (χ3n) is 3.13. The molecule has 0 saturated carbocycles. The van der Waals surface area contributed by atoms with Gasteiger partial charge in [0.25, 0.3) is 0 Å². The van der Waals surface area contributed by atoms with Crippen LogP contribution in [0.5, 0.6) is 0 Å². The first-order valence-electron chi connectivity index (χ1n) is 6.08. The summed E-state index contributed by atoms with van der Waals surface area (Å²) < 4.78 is 38.0. The fraction of sp³-hybridized carbons (Fsp3) is 0.385. The lowest BCUT2D eigenvalue weighted by Crippen LogP contribution is -2.26. The van der Waals surface area contributed by atoms with Crippen molar-refractivity contribution in [3.05, 3.63) is 39.9 Å². The van der Waals surface area contributed by atoms with Crippen LogP contribution in [0.15, 0.2) is 23.0 Å². The summed E-state index contributed by atoms with van der Waals surface area (Å²) in [6, 6.07) is 3.32. The molecule has 0 spiro atoms. The van der Waals surface area contributed by atoms with Crippen LogP contribution in [0.4, 0.5) is 13.2 Å². The van der Waals surface area contributed by atoms with Crippen molar-refractivity contribution in [3.63, 3.8) is 0 Å². The molecule has 0 bridgehead atoms. The quantitative estimate of drug-likeness (QED) is 0.908. The zero-order valence-corrected chi connectivity index (χ0v) is 11.0. The molecular formula is C13H14F3N3O. The lowest BCUT2D eigenvalue weighted by molar-refractivity contribution is -0.137. The molecular weight excluding hydrogens is 271 g/mol. The molecule has 1 atom stereocenters. The molecule has 20 heavy (non-hydrogen) atoms. The second kappa shape index (κ2) is 5.24. The van der Waals surface area contributed by atoms with Gasteiger partial charge >= 0.3 is 11.9 Å². The van der Waals surface area contributed by atoms with Crippen LogP contribution in [-0.4, -0.2) is 23.1 Å². The van der Waals surface area contributed by atoms with E-state index in [1.54, 1.807) is 7.05 Å². The minimum Gasteiger partial charge on any atom is -0.317 e. The monoisotopic (exact) mass is 285 g/mol. The highest BCUT2D eigenvalue weighted by Crippen LogP contribution is 2.31. The predicted molar refractivity (Wildman–Crippen MR) is 69.6 cm³/mol. The van der Waals surface area contributed by atoms with Gasteiger partial charge in [-0.05, 0) is 26.1 Å². The second-order valence-corrected chi connectivity index (χ2v) is 4.64. The summed E-state index contributed by atoms with van der Waals surface area (Å²) in [6.45, 7) is 1.91. The molecule has 0 saturated heterocycles. The fourth-order valence-corrected chi connectivity index (χ4v) is 1.96. The number of aromatic amines is 1. The summed E-state index contributed by atoms with van der Waals surface area (Å²) in [5.41, 5.74) is -0.816. The van der Waals surface area contributed by atoms with Gasteiger partial charge in [0.2, 0.25) is 0 Å². The van der Waals surface area contributed by atoms with Gasteiger partial charge in [-0.3, -0.25) is 0 Å². The molecule has 7 heteroatoms. The first-order valence-corrected chi connectivity index (χ1v) is 6.08. The van der Waals surface area contributed by atoms with Gasteiger partial charge in [0, 0.05) is 23.5 Å². The lowest BCUT2D eigenvalue weighted by atomic mass is 10.1. The van der Waals surface area contributed by atoms with Gasteiger partial charge in [0.1, 0.15) is 0 Å². The molecule has 1 unspecified atom stereocenters. The Morgan fingerprint density at radius 2 is 2.10 bits per heavy atom. The number of hydrogen-bond acceptors (Lipinski definition) is 3. The predicted octanol–water partition coefficient (Wildman–Crippen LogP) is 2.09. The van der Waals surface area contributed by atoms with Crippen molar-refractivity contribution in [1.29, 1.82) is 0 Å². The van der Waals surface area contributed by atoms with Crippen molar-refractivity contribution >= 4 is 10.9 Å². The van der Waals surface area contributed by atoms with E-state index >= 15 is 0 Å². The van der Waals surface area contributed by atoms with E-state index in [0.717, 1.165) is 12.1 Å². The van der Waals surface area contributed by atoms with Gasteiger partial charge in [-0.15, -0.1) is 0 Å². The Morgan fingerprint density at radius 3 is 2.70 bits per heavy atom. The molecule has 0 radical (unpaired) electrons. The Kier molecular flexibility index (Phi) is 3.80. The zero-order chi connectivity index (χ0) is 14.9. The topological polar surface area (TPSA) is 57.8 Å². The molecule has 0 aliphatic rings. The summed E-state index contributed by atoms with van der Waals surface area (Å²) in [7, 11) is 1.77. The van der Waals surface area contributed by atoms with E-state index in [9.17, 15) is 18.0 Å². The van der Waals surface area contributed by atoms with Crippen LogP contribution < -0.4 is 11.0 Å². The van der Waals surface area contributed by atoms with E-state index in [4.69, 9.17) is 0 Å². The molecule has 2 rings (SSSR count). The maximum absolute atomic E-state index is 12.7. The van der Waals surface area contributed by atoms with Crippen LogP contribution in [0.3, 0.4) is 0 Å². The van der Waals surface area contributed by atoms with Gasteiger partial charge in [-0.25, -0.2) is 4.79 Å². The second-order valence-electron chi connectivity index (χ2n) is 4.64. The summed E-state index contributed by atoms with van der Waals surface area (Å²) >= 11 is 0. The molecule has 0 aliphatic heterocycles. The summed E-state index contributed by atoms with van der Waals surface area (Å²) in [5, 5.41) is 3.54. The number of aromatic nitrogens is 2. The average Bonchev–Trinajstić information content (AvgIpc) is 2.36. The summed E-state index contributed by atoms with van der Waals surface area (Å²) in [6.07, 6.45) is -3.95. The number of nitrogens with one attached hydrogen (secondary N) is 2. The van der Waals surface area contributed by atoms with Gasteiger partial charge in [-0.2, -0.15) is 18.2 Å². The van der Waals surface area contributed by atoms with Crippen molar-refractivity contribution < 1.29 is 13.2 Å². The Labute approximate surface area is 113 Å². The van der Waals surface area contributed by atoms with Crippen LogP contribution in [-0.2, 0) is 12.6 Å². The number of benzene rings is 1. The maximum atomic E-state index is 12.7. The van der Waals surface area contributed by atoms with E-state index < -0.39 is 17.4 Å². The number of alkyl halides is 3. The third kappa shape index (κ3) is 2.98. The molecule has 1 aromatic heterocycles. The molecule has 1 heterocycles. The molecule has 2 aromatic rings. The van der Waals surface area contributed by atoms with Crippen LogP contribution in [0.25, 0.3) is 10.9 Å². The number of rotatable bonds is 3. The Bertz CT molecular complexity index is 679. The summed E-state index contributed by atoms with van der Waals surface area (Å²) in [5.74, 6) is 0. The zero-order valence-electron chi connectivity index (χ0n) is 11.0. The summed E-state index contributed by atoms with van der Waals surface area (Å²) in [4.78, 5) is 17.7. The van der Waals surface area contributed by atoms with Crippen molar-refractivity contribution in [2.75, 3.05) is 7.05 Å². The largest absolute Gasteiger partial charge is 0.416 e. The Morgan fingerprint density at radius 1 is 1.40 bits per heavy atom. The number of H-pyrrole nitrogens is 1. The minimum atomic E-state index is -4.45. The highest BCUT2D eigenvalue weighted by atomic mass is 19.4. The van der Waals surface area contributed by atoms with Crippen molar-refractivity contribution in [2.45, 2.75) is 25.6 Å². The Balaban J connectivity index is 2.58. The third-order valence-corrected chi connectivity index (χ3v) is 3.13. The highest BCUT2D eigenvalue weighted by molar-refractivity contribution is 5.81. The molecule has 4 nitrogen and oxygen atoms in total. The fourth-order valence-electron chi connectivity index (χ4n) is 1.96. The van der Waals surface area contributed by atoms with Gasteiger partial charge < -0.3 is 10.3 Å². The maximum Gasteiger partial charge on any atom is 0.416 e. The van der Waals surface area contributed by atoms with Crippen LogP contribution >= 0.6 is 0 Å². The minimum absolute atomic E-state index is 0.0573. The highest BCUT2D eigenvalue weighted by Gasteiger charge is 2.30. The number of fused-ring (bicyclic) bond motifs is 1. The Hall–Kier alpha value is -1.89. The molecule has 0 fully saturated rings. The molecule has 0 amide bonds. The number of hydrogen-bond donors (Lipinski definition) is 2. The lowest BCUT2D eigenvalue weighted by Gasteiger charge is -2.13. The van der Waals surface area contributed by atoms with Crippen LogP contribution in [0, 0.1) is 0 Å². The van der Waals surface area contributed by atoms with Crippen molar-refractivity contribution in [1.82, 2.24) is 15.3 Å². The van der Waals surface area contributed by atoms with Crippen molar-refractivity contribution in [2.24, 2.45) is 0 Å². The standard InChI is InChI=1S/C13H14F3N3O/c1-7(17-2)5-10-9-4-3-8(13(14,15)16)6-11(9)19-12(20)18-10/h3-4,6-7,17H,5H2,1-2H3,(H,18,19,20). The average molecular weight is 285 g/mol. The van der Waals surface area contributed by atoms with E-state index in [1.165, 1.54) is 6.07 Å². The molecule has 2 N–H and O–H groups in total. The first-order chi connectivity index (χ1) is 9.31. The number of nitrogens with zero attached hydrogens (tertiary/aromatic N) is 1. The van der Waals surface area contributed by atoms with E-state index in [0.29, 0.717) is 17.5 Å². The van der Waals surface area contributed by atoms with E-state index in [1.807, 2.05) is 6.92 Å². The van der Waals surface area contributed by atoms with E-state index in [-0.39, 0.29) is 11.6 Å². The van der Waals surface area contributed by atoms with E-state index in [2.05, 4.69) is 15.3 Å². The number of likely N-dealkylation sites (N-methyl/N-ethyl adjacent to an activating group) is 1. The van der Waals surface area contributed by atoms with Crippen LogP contribution in [0.2, 0.25) is 0 Å². The normalized spacial score (nSPS) is 13.7. The molecule has 1 aromatic carbocycles. The van der Waals surface area contributed by atoms with Gasteiger partial charge in [0.15, 0.2) is 0 Å². The number of halogens is 3. The molecule has 0 aliphatic carbocycles. The van der Waals surface area contributed by atoms with Gasteiger partial charge in [0.05, 0.1) is 11.1 Å². The smallest absolute Gasteiger partial charge is 0.317 e. The van der Waals surface area contributed by atoms with Crippen LogP contribution in [0.1, 0.15) is 18.2 Å². The first kappa shape index (κ1) is 14.5.